The third-order valence-electron chi connectivity index (χ3n) is 4.64. The van der Waals surface area contributed by atoms with E-state index in [1.54, 1.807) is 11.3 Å². The number of thiophene rings is 1. The standard InChI is InChI=1S/C18H27ClN2O3S/c1-5-23-13-9-12(21-17(22)24-18(2,3)4)16(13)20-11-6-7-14-10(11)8-15(19)25-14/h8,11-13,16,20H,5-7,9H2,1-4H3,(H,21,22). The summed E-state index contributed by atoms with van der Waals surface area (Å²) >= 11 is 7.82. The molecule has 3 rings (SSSR count). The Morgan fingerprint density at radius 3 is 2.88 bits per heavy atom. The van der Waals surface area contributed by atoms with Gasteiger partial charge in [0, 0.05) is 17.5 Å². The molecule has 0 saturated heterocycles. The number of ether oxygens (including phenoxy) is 2. The van der Waals surface area contributed by atoms with E-state index in [0.29, 0.717) is 6.61 Å². The molecular weight excluding hydrogens is 360 g/mol. The highest BCUT2D eigenvalue weighted by atomic mass is 35.5. The molecule has 7 heteroatoms. The van der Waals surface area contributed by atoms with Crippen LogP contribution < -0.4 is 10.6 Å². The van der Waals surface area contributed by atoms with Crippen molar-refractivity contribution in [1.82, 2.24) is 10.6 Å². The van der Waals surface area contributed by atoms with Gasteiger partial charge < -0.3 is 20.1 Å². The summed E-state index contributed by atoms with van der Waals surface area (Å²) in [6.07, 6.45) is 2.66. The molecule has 2 N–H and O–H groups in total. The molecule has 1 aromatic rings. The van der Waals surface area contributed by atoms with E-state index in [0.717, 1.165) is 23.6 Å². The highest BCUT2D eigenvalue weighted by molar-refractivity contribution is 7.16. The first-order valence-electron chi connectivity index (χ1n) is 8.92. The van der Waals surface area contributed by atoms with Gasteiger partial charge in [0.1, 0.15) is 5.60 Å². The van der Waals surface area contributed by atoms with E-state index in [1.165, 1.54) is 10.4 Å². The maximum absolute atomic E-state index is 12.1. The lowest BCUT2D eigenvalue weighted by atomic mass is 9.82. The number of hydrogen-bond acceptors (Lipinski definition) is 5. The zero-order valence-electron chi connectivity index (χ0n) is 15.2. The molecule has 1 amide bonds. The van der Waals surface area contributed by atoms with Crippen molar-refractivity contribution in [2.45, 2.75) is 76.8 Å². The molecule has 0 radical (unpaired) electrons. The molecule has 1 heterocycles. The molecule has 1 aromatic heterocycles. The van der Waals surface area contributed by atoms with Crippen molar-refractivity contribution >= 4 is 29.0 Å². The maximum Gasteiger partial charge on any atom is 0.407 e. The molecule has 2 aliphatic carbocycles. The summed E-state index contributed by atoms with van der Waals surface area (Å²) in [6, 6.07) is 2.44. The Morgan fingerprint density at radius 2 is 2.20 bits per heavy atom. The summed E-state index contributed by atoms with van der Waals surface area (Å²) in [5.74, 6) is 0. The molecule has 4 unspecified atom stereocenters. The zero-order chi connectivity index (χ0) is 18.2. The average Bonchev–Trinajstić information content (AvgIpc) is 3.01. The van der Waals surface area contributed by atoms with Crippen molar-refractivity contribution in [3.63, 3.8) is 0 Å². The monoisotopic (exact) mass is 386 g/mol. The molecule has 0 aromatic carbocycles. The number of hydrogen-bond donors (Lipinski definition) is 2. The Hall–Kier alpha value is -0.820. The van der Waals surface area contributed by atoms with Crippen molar-refractivity contribution in [2.75, 3.05) is 6.61 Å². The van der Waals surface area contributed by atoms with Crippen LogP contribution in [-0.4, -0.2) is 36.5 Å². The summed E-state index contributed by atoms with van der Waals surface area (Å²) in [6.45, 7) is 8.27. The van der Waals surface area contributed by atoms with Crippen molar-refractivity contribution < 1.29 is 14.3 Å². The van der Waals surface area contributed by atoms with Crippen molar-refractivity contribution in [3.8, 4) is 0 Å². The molecule has 0 spiro atoms. The Kier molecular flexibility index (Phi) is 5.63. The van der Waals surface area contributed by atoms with Gasteiger partial charge in [-0.2, -0.15) is 0 Å². The van der Waals surface area contributed by atoms with Gasteiger partial charge >= 0.3 is 6.09 Å². The number of amides is 1. The molecule has 140 valence electrons. The minimum atomic E-state index is -0.496. The number of fused-ring (bicyclic) bond motifs is 1. The smallest absolute Gasteiger partial charge is 0.407 e. The number of carbonyl (C=O) groups is 1. The number of carbonyl (C=O) groups excluding carboxylic acids is 1. The predicted molar refractivity (Wildman–Crippen MR) is 101 cm³/mol. The molecule has 1 saturated carbocycles. The van der Waals surface area contributed by atoms with Gasteiger partial charge in [0.2, 0.25) is 0 Å². The van der Waals surface area contributed by atoms with Crippen LogP contribution in [0.5, 0.6) is 0 Å². The minimum absolute atomic E-state index is 0.0181. The Bertz CT molecular complexity index is 628. The van der Waals surface area contributed by atoms with Gasteiger partial charge in [-0.3, -0.25) is 0 Å². The largest absolute Gasteiger partial charge is 0.444 e. The normalized spacial score (nSPS) is 28.4. The van der Waals surface area contributed by atoms with E-state index < -0.39 is 5.60 Å². The molecule has 0 aliphatic heterocycles. The maximum atomic E-state index is 12.1. The number of rotatable bonds is 5. The van der Waals surface area contributed by atoms with Gasteiger partial charge in [0.15, 0.2) is 0 Å². The molecule has 5 nitrogen and oxygen atoms in total. The quantitative estimate of drug-likeness (QED) is 0.801. The summed E-state index contributed by atoms with van der Waals surface area (Å²) in [5, 5.41) is 6.68. The topological polar surface area (TPSA) is 59.6 Å². The third kappa shape index (κ3) is 4.48. The Labute approximate surface area is 158 Å². The highest BCUT2D eigenvalue weighted by Gasteiger charge is 2.45. The average molecular weight is 387 g/mol. The summed E-state index contributed by atoms with van der Waals surface area (Å²) < 4.78 is 12.1. The van der Waals surface area contributed by atoms with Gasteiger partial charge in [0.05, 0.1) is 22.5 Å². The molecule has 25 heavy (non-hydrogen) atoms. The van der Waals surface area contributed by atoms with E-state index >= 15 is 0 Å². The first kappa shape index (κ1) is 19.0. The number of alkyl carbamates (subject to hydrolysis) is 1. The van der Waals surface area contributed by atoms with E-state index in [-0.39, 0.29) is 30.3 Å². The van der Waals surface area contributed by atoms with Crippen molar-refractivity contribution in [1.29, 1.82) is 0 Å². The van der Waals surface area contributed by atoms with Crippen LogP contribution in [0.3, 0.4) is 0 Å². The Morgan fingerprint density at radius 1 is 1.44 bits per heavy atom. The summed E-state index contributed by atoms with van der Waals surface area (Å²) in [5.41, 5.74) is 0.803. The van der Waals surface area contributed by atoms with Crippen LogP contribution in [0.1, 0.15) is 57.0 Å². The van der Waals surface area contributed by atoms with Crippen LogP contribution in [0.4, 0.5) is 4.79 Å². The van der Waals surface area contributed by atoms with Gasteiger partial charge in [-0.05, 0) is 58.6 Å². The number of nitrogens with one attached hydrogen (secondary N) is 2. The summed E-state index contributed by atoms with van der Waals surface area (Å²) in [4.78, 5) is 13.5. The number of aryl methyl sites for hydroxylation is 1. The molecule has 2 aliphatic rings. The molecular formula is C18H27ClN2O3S. The van der Waals surface area contributed by atoms with Gasteiger partial charge in [0.25, 0.3) is 0 Å². The van der Waals surface area contributed by atoms with Crippen LogP contribution in [0.25, 0.3) is 0 Å². The first-order valence-corrected chi connectivity index (χ1v) is 10.1. The van der Waals surface area contributed by atoms with Crippen molar-refractivity contribution in [3.05, 3.63) is 20.8 Å². The van der Waals surface area contributed by atoms with Crippen LogP contribution in [-0.2, 0) is 15.9 Å². The van der Waals surface area contributed by atoms with E-state index in [4.69, 9.17) is 21.1 Å². The van der Waals surface area contributed by atoms with Crippen LogP contribution in [0, 0.1) is 0 Å². The first-order chi connectivity index (χ1) is 11.8. The Balaban J connectivity index is 1.62. The molecule has 0 bridgehead atoms. The third-order valence-corrected chi connectivity index (χ3v) is 5.98. The highest BCUT2D eigenvalue weighted by Crippen LogP contribution is 2.40. The fourth-order valence-electron chi connectivity index (χ4n) is 3.56. The van der Waals surface area contributed by atoms with E-state index in [9.17, 15) is 4.79 Å². The second-order valence-corrected chi connectivity index (χ2v) is 9.46. The fourth-order valence-corrected chi connectivity index (χ4v) is 4.92. The van der Waals surface area contributed by atoms with E-state index in [2.05, 4.69) is 16.7 Å². The predicted octanol–water partition coefficient (Wildman–Crippen LogP) is 4.05. The van der Waals surface area contributed by atoms with Gasteiger partial charge in [-0.15, -0.1) is 11.3 Å². The lowest BCUT2D eigenvalue weighted by molar-refractivity contribution is -0.0467. The lowest BCUT2D eigenvalue weighted by Gasteiger charge is -2.46. The molecule has 4 atom stereocenters. The van der Waals surface area contributed by atoms with Crippen LogP contribution in [0.2, 0.25) is 4.34 Å². The van der Waals surface area contributed by atoms with Gasteiger partial charge in [-0.1, -0.05) is 11.6 Å². The number of halogens is 1. The zero-order valence-corrected chi connectivity index (χ0v) is 16.8. The fraction of sp³-hybridized carbons (Fsp3) is 0.722. The second kappa shape index (κ2) is 7.43. The van der Waals surface area contributed by atoms with Gasteiger partial charge in [-0.25, -0.2) is 4.79 Å². The van der Waals surface area contributed by atoms with Crippen LogP contribution >= 0.6 is 22.9 Å². The second-order valence-electron chi connectivity index (χ2n) is 7.69. The van der Waals surface area contributed by atoms with Crippen LogP contribution in [0.15, 0.2) is 6.07 Å². The minimum Gasteiger partial charge on any atom is -0.444 e. The van der Waals surface area contributed by atoms with E-state index in [1.807, 2.05) is 27.7 Å². The summed E-state index contributed by atoms with van der Waals surface area (Å²) in [7, 11) is 0. The SMILES string of the molecule is CCOC1CC(NC(=O)OC(C)(C)C)C1NC1CCc2sc(Cl)cc21. The molecule has 1 fully saturated rings. The van der Waals surface area contributed by atoms with Crippen molar-refractivity contribution in [2.24, 2.45) is 0 Å². The lowest BCUT2D eigenvalue weighted by Crippen LogP contribution is -2.66.